The van der Waals surface area contributed by atoms with Gasteiger partial charge in [0.2, 0.25) is 0 Å². The molecule has 2 aromatic rings. The van der Waals surface area contributed by atoms with Crippen molar-refractivity contribution in [1.82, 2.24) is 0 Å². The third kappa shape index (κ3) is 5.12. The number of aliphatic hydroxyl groups is 2. The van der Waals surface area contributed by atoms with Crippen molar-refractivity contribution in [1.29, 1.82) is 0 Å². The fraction of sp³-hybridized carbons (Fsp3) is 0.520. The predicted octanol–water partition coefficient (Wildman–Crippen LogP) is 4.52. The highest BCUT2D eigenvalue weighted by Gasteiger charge is 2.33. The first-order valence-electron chi connectivity index (χ1n) is 10.7. The number of hydrogen-bond donors (Lipinski definition) is 2. The van der Waals surface area contributed by atoms with Gasteiger partial charge in [-0.05, 0) is 53.1 Å². The molecule has 2 rings (SSSR count). The minimum atomic E-state index is -0.168. The minimum Gasteiger partial charge on any atom is -0.491 e. The van der Waals surface area contributed by atoms with E-state index >= 15 is 0 Å². The van der Waals surface area contributed by atoms with E-state index in [1.165, 1.54) is 11.1 Å². The van der Waals surface area contributed by atoms with Crippen molar-refractivity contribution in [3.63, 3.8) is 0 Å². The molecule has 0 spiro atoms. The van der Waals surface area contributed by atoms with Gasteiger partial charge < -0.3 is 19.7 Å². The SMILES string of the molecule is CCc1cc(C(C)(c2ccc(OCCO)c(CC)c2)C(C)C)ccc1OCCO. The van der Waals surface area contributed by atoms with E-state index in [9.17, 15) is 0 Å². The van der Waals surface area contributed by atoms with Gasteiger partial charge in [0, 0.05) is 5.41 Å². The van der Waals surface area contributed by atoms with Crippen LogP contribution in [0.3, 0.4) is 0 Å². The van der Waals surface area contributed by atoms with Crippen molar-refractivity contribution in [3.8, 4) is 11.5 Å². The fourth-order valence-corrected chi connectivity index (χ4v) is 3.78. The van der Waals surface area contributed by atoms with Crippen LogP contribution in [-0.4, -0.2) is 36.6 Å². The van der Waals surface area contributed by atoms with E-state index in [0.29, 0.717) is 19.1 Å². The number of aryl methyl sites for hydroxylation is 2. The maximum atomic E-state index is 9.07. The van der Waals surface area contributed by atoms with Gasteiger partial charge in [0.1, 0.15) is 24.7 Å². The molecule has 0 aliphatic rings. The van der Waals surface area contributed by atoms with Crippen LogP contribution in [0.1, 0.15) is 56.9 Å². The van der Waals surface area contributed by atoms with E-state index in [0.717, 1.165) is 35.5 Å². The highest BCUT2D eigenvalue weighted by atomic mass is 16.5. The Hall–Kier alpha value is -2.04. The molecule has 0 heterocycles. The monoisotopic (exact) mass is 400 g/mol. The lowest BCUT2D eigenvalue weighted by Gasteiger charge is -2.36. The van der Waals surface area contributed by atoms with Gasteiger partial charge in [-0.1, -0.05) is 58.9 Å². The molecule has 0 radical (unpaired) electrons. The predicted molar refractivity (Wildman–Crippen MR) is 118 cm³/mol. The zero-order chi connectivity index (χ0) is 21.4. The Morgan fingerprint density at radius 3 is 1.52 bits per heavy atom. The van der Waals surface area contributed by atoms with Crippen molar-refractivity contribution >= 4 is 0 Å². The molecule has 0 fully saturated rings. The van der Waals surface area contributed by atoms with Gasteiger partial charge in [0.05, 0.1) is 13.2 Å². The molecule has 0 aliphatic carbocycles. The summed E-state index contributed by atoms with van der Waals surface area (Å²) in [5.41, 5.74) is 4.65. The Balaban J connectivity index is 2.51. The van der Waals surface area contributed by atoms with E-state index in [-0.39, 0.29) is 18.6 Å². The molecule has 0 atom stereocenters. The highest BCUT2D eigenvalue weighted by molar-refractivity contribution is 5.48. The van der Waals surface area contributed by atoms with Crippen LogP contribution >= 0.6 is 0 Å². The zero-order valence-corrected chi connectivity index (χ0v) is 18.5. The van der Waals surface area contributed by atoms with Gasteiger partial charge in [-0.15, -0.1) is 0 Å². The quantitative estimate of drug-likeness (QED) is 0.582. The molecule has 0 unspecified atom stereocenters. The summed E-state index contributed by atoms with van der Waals surface area (Å²) in [6, 6.07) is 12.8. The lowest BCUT2D eigenvalue weighted by atomic mass is 9.68. The molecule has 0 amide bonds. The highest BCUT2D eigenvalue weighted by Crippen LogP contribution is 2.42. The second-order valence-electron chi connectivity index (χ2n) is 7.85. The fourth-order valence-electron chi connectivity index (χ4n) is 3.78. The lowest BCUT2D eigenvalue weighted by Crippen LogP contribution is -2.30. The van der Waals surface area contributed by atoms with Gasteiger partial charge in [0.25, 0.3) is 0 Å². The molecule has 4 heteroatoms. The Kier molecular flexibility index (Phi) is 8.54. The second kappa shape index (κ2) is 10.7. The summed E-state index contributed by atoms with van der Waals surface area (Å²) >= 11 is 0. The van der Waals surface area contributed by atoms with Crippen LogP contribution in [0.25, 0.3) is 0 Å². The van der Waals surface area contributed by atoms with Crippen LogP contribution in [0.5, 0.6) is 11.5 Å². The Morgan fingerprint density at radius 1 is 0.793 bits per heavy atom. The van der Waals surface area contributed by atoms with Crippen LogP contribution in [0, 0.1) is 5.92 Å². The molecule has 0 saturated heterocycles. The second-order valence-corrected chi connectivity index (χ2v) is 7.85. The van der Waals surface area contributed by atoms with Crippen LogP contribution in [0.2, 0.25) is 0 Å². The Labute approximate surface area is 175 Å². The summed E-state index contributed by atoms with van der Waals surface area (Å²) < 4.78 is 11.4. The largest absolute Gasteiger partial charge is 0.491 e. The first-order valence-corrected chi connectivity index (χ1v) is 10.7. The molecule has 4 nitrogen and oxygen atoms in total. The number of aliphatic hydroxyl groups excluding tert-OH is 2. The number of hydrogen-bond acceptors (Lipinski definition) is 4. The average Bonchev–Trinajstić information content (AvgIpc) is 2.75. The summed E-state index contributed by atoms with van der Waals surface area (Å²) in [7, 11) is 0. The van der Waals surface area contributed by atoms with E-state index in [1.54, 1.807) is 0 Å². The van der Waals surface area contributed by atoms with Crippen LogP contribution < -0.4 is 9.47 Å². The van der Waals surface area contributed by atoms with Gasteiger partial charge in [0.15, 0.2) is 0 Å². The summed E-state index contributed by atoms with van der Waals surface area (Å²) in [6.45, 7) is 11.7. The summed E-state index contributed by atoms with van der Waals surface area (Å²) in [5, 5.41) is 18.1. The molecule has 0 aliphatic heterocycles. The first-order chi connectivity index (χ1) is 13.9. The maximum absolute atomic E-state index is 9.07. The third-order valence-corrected chi connectivity index (χ3v) is 5.93. The summed E-state index contributed by atoms with van der Waals surface area (Å²) in [4.78, 5) is 0. The molecule has 2 N–H and O–H groups in total. The number of benzene rings is 2. The molecule has 160 valence electrons. The standard InChI is InChI=1S/C25H36O4/c1-6-19-16-21(8-10-23(19)28-14-12-26)25(5,18(3)4)22-9-11-24(29-15-13-27)20(7-2)17-22/h8-11,16-18,26-27H,6-7,12-15H2,1-5H3. The number of rotatable bonds is 11. The lowest BCUT2D eigenvalue weighted by molar-refractivity contribution is 0.200. The van der Waals surface area contributed by atoms with Gasteiger partial charge >= 0.3 is 0 Å². The van der Waals surface area contributed by atoms with Crippen LogP contribution in [0.15, 0.2) is 36.4 Å². The normalized spacial score (nSPS) is 11.7. The molecular formula is C25H36O4. The van der Waals surface area contributed by atoms with E-state index in [2.05, 4.69) is 58.9 Å². The van der Waals surface area contributed by atoms with Crippen LogP contribution in [0.4, 0.5) is 0 Å². The van der Waals surface area contributed by atoms with E-state index < -0.39 is 0 Å². The topological polar surface area (TPSA) is 58.9 Å². The van der Waals surface area contributed by atoms with Gasteiger partial charge in [-0.3, -0.25) is 0 Å². The van der Waals surface area contributed by atoms with Crippen molar-refractivity contribution in [2.24, 2.45) is 5.92 Å². The van der Waals surface area contributed by atoms with Crippen molar-refractivity contribution in [2.75, 3.05) is 26.4 Å². The molecule has 0 bridgehead atoms. The van der Waals surface area contributed by atoms with E-state index in [1.807, 2.05) is 12.1 Å². The summed E-state index contributed by atoms with van der Waals surface area (Å²) in [5.74, 6) is 2.07. The molecule has 2 aromatic carbocycles. The molecule has 29 heavy (non-hydrogen) atoms. The van der Waals surface area contributed by atoms with Crippen LogP contribution in [-0.2, 0) is 18.3 Å². The van der Waals surface area contributed by atoms with Crippen molar-refractivity contribution < 1.29 is 19.7 Å². The third-order valence-electron chi connectivity index (χ3n) is 5.93. The summed E-state index contributed by atoms with van der Waals surface area (Å²) in [6.07, 6.45) is 1.74. The minimum absolute atomic E-state index is 0.0130. The van der Waals surface area contributed by atoms with Crippen molar-refractivity contribution in [3.05, 3.63) is 58.7 Å². The Bertz CT molecular complexity index is 723. The van der Waals surface area contributed by atoms with Gasteiger partial charge in [-0.2, -0.15) is 0 Å². The molecular weight excluding hydrogens is 364 g/mol. The average molecular weight is 401 g/mol. The molecule has 0 saturated carbocycles. The van der Waals surface area contributed by atoms with E-state index in [4.69, 9.17) is 19.7 Å². The van der Waals surface area contributed by atoms with Gasteiger partial charge in [-0.25, -0.2) is 0 Å². The molecule has 0 aromatic heterocycles. The number of ether oxygens (including phenoxy) is 2. The van der Waals surface area contributed by atoms with Crippen molar-refractivity contribution in [2.45, 2.75) is 52.9 Å². The first kappa shape index (κ1) is 23.2. The smallest absolute Gasteiger partial charge is 0.122 e. The maximum Gasteiger partial charge on any atom is 0.122 e. The zero-order valence-electron chi connectivity index (χ0n) is 18.5. The Morgan fingerprint density at radius 2 is 1.21 bits per heavy atom.